The molecule has 0 atom stereocenters. The van der Waals surface area contributed by atoms with Gasteiger partial charge in [-0.25, -0.2) is 9.97 Å². The van der Waals surface area contributed by atoms with E-state index in [1.807, 2.05) is 0 Å². The number of anilines is 1. The SMILES string of the molecule is Cc1noc(-c2ccc3c(-c4nc(N)ncc4C(F)(F)F)c[nH]c3c2)n1. The summed E-state index contributed by atoms with van der Waals surface area (Å²) in [6.07, 6.45) is -2.47. The number of nitrogens with two attached hydrogens (primary N) is 1. The highest BCUT2D eigenvalue weighted by atomic mass is 19.4. The van der Waals surface area contributed by atoms with Gasteiger partial charge in [0.25, 0.3) is 5.89 Å². The van der Waals surface area contributed by atoms with E-state index in [0.717, 1.165) is 0 Å². The lowest BCUT2D eigenvalue weighted by Gasteiger charge is -2.11. The van der Waals surface area contributed by atoms with Crippen LogP contribution in [0.4, 0.5) is 19.1 Å². The fourth-order valence-corrected chi connectivity index (χ4v) is 2.68. The van der Waals surface area contributed by atoms with Crippen LogP contribution in [0.2, 0.25) is 0 Å². The number of benzene rings is 1. The van der Waals surface area contributed by atoms with Crippen molar-refractivity contribution in [3.05, 3.63) is 42.0 Å². The van der Waals surface area contributed by atoms with Gasteiger partial charge in [-0.3, -0.25) is 0 Å². The van der Waals surface area contributed by atoms with E-state index in [1.165, 1.54) is 6.20 Å². The maximum Gasteiger partial charge on any atom is 0.419 e. The number of aryl methyl sites for hydroxylation is 1. The molecule has 10 heteroatoms. The predicted molar refractivity (Wildman–Crippen MR) is 86.8 cm³/mol. The van der Waals surface area contributed by atoms with Gasteiger partial charge in [0.2, 0.25) is 5.95 Å². The first-order valence-corrected chi connectivity index (χ1v) is 7.45. The predicted octanol–water partition coefficient (Wildman–Crippen LogP) is 3.58. The Kier molecular flexibility index (Phi) is 3.43. The summed E-state index contributed by atoms with van der Waals surface area (Å²) < 4.78 is 45.0. The molecule has 0 saturated heterocycles. The van der Waals surface area contributed by atoms with E-state index in [4.69, 9.17) is 10.3 Å². The standard InChI is InChI=1S/C16H11F3N6O/c1-7-23-14(26-25-7)8-2-3-9-10(5-21-12(9)4-8)13-11(16(17,18)19)6-22-15(20)24-13/h2-6,21H,1H3,(H2,20,22,24). The molecule has 7 nitrogen and oxygen atoms in total. The van der Waals surface area contributed by atoms with Crippen LogP contribution in [0.5, 0.6) is 0 Å². The molecular weight excluding hydrogens is 349 g/mol. The summed E-state index contributed by atoms with van der Waals surface area (Å²) >= 11 is 0. The summed E-state index contributed by atoms with van der Waals surface area (Å²) in [5.74, 6) is 0.571. The van der Waals surface area contributed by atoms with E-state index < -0.39 is 11.7 Å². The highest BCUT2D eigenvalue weighted by molar-refractivity contribution is 5.97. The Hall–Kier alpha value is -3.43. The van der Waals surface area contributed by atoms with Crippen LogP contribution in [0.3, 0.4) is 0 Å². The van der Waals surface area contributed by atoms with Crippen molar-refractivity contribution in [2.75, 3.05) is 5.73 Å². The average Bonchev–Trinajstić information content (AvgIpc) is 3.19. The molecule has 132 valence electrons. The summed E-state index contributed by atoms with van der Waals surface area (Å²) in [5, 5.41) is 4.27. The molecule has 1 aromatic carbocycles. The Morgan fingerprint density at radius 2 is 2.00 bits per heavy atom. The lowest BCUT2D eigenvalue weighted by atomic mass is 10.0. The van der Waals surface area contributed by atoms with Gasteiger partial charge in [0.05, 0.1) is 5.69 Å². The number of halogens is 3. The van der Waals surface area contributed by atoms with Gasteiger partial charge in [0.1, 0.15) is 5.56 Å². The van der Waals surface area contributed by atoms with Crippen LogP contribution in [0.25, 0.3) is 33.6 Å². The molecule has 4 aromatic rings. The quantitative estimate of drug-likeness (QED) is 0.566. The van der Waals surface area contributed by atoms with Gasteiger partial charge in [-0.05, 0) is 19.1 Å². The molecule has 3 N–H and O–H groups in total. The number of H-pyrrole nitrogens is 1. The number of nitrogens with one attached hydrogen (secondary N) is 1. The first-order valence-electron chi connectivity index (χ1n) is 7.45. The lowest BCUT2D eigenvalue weighted by Crippen LogP contribution is -2.10. The Balaban J connectivity index is 1.88. The molecule has 4 rings (SSSR count). The molecule has 26 heavy (non-hydrogen) atoms. The first kappa shape index (κ1) is 16.1. The van der Waals surface area contributed by atoms with Crippen LogP contribution in [0.15, 0.2) is 35.1 Å². The molecule has 0 fully saturated rings. The van der Waals surface area contributed by atoms with Crippen LogP contribution in [-0.4, -0.2) is 25.1 Å². The van der Waals surface area contributed by atoms with Crippen molar-refractivity contribution in [3.8, 4) is 22.7 Å². The Labute approximate surface area is 144 Å². The largest absolute Gasteiger partial charge is 0.419 e. The maximum absolute atomic E-state index is 13.3. The smallest absolute Gasteiger partial charge is 0.368 e. The number of rotatable bonds is 2. The molecule has 0 radical (unpaired) electrons. The van der Waals surface area contributed by atoms with E-state index in [2.05, 4.69) is 25.1 Å². The van der Waals surface area contributed by atoms with Gasteiger partial charge in [-0.2, -0.15) is 18.2 Å². The van der Waals surface area contributed by atoms with Gasteiger partial charge in [-0.1, -0.05) is 11.2 Å². The van der Waals surface area contributed by atoms with Gasteiger partial charge in [0.15, 0.2) is 5.82 Å². The zero-order valence-electron chi connectivity index (χ0n) is 13.3. The van der Waals surface area contributed by atoms with Crippen molar-refractivity contribution in [1.82, 2.24) is 25.1 Å². The van der Waals surface area contributed by atoms with Crippen molar-refractivity contribution in [1.29, 1.82) is 0 Å². The highest BCUT2D eigenvalue weighted by Crippen LogP contribution is 2.38. The lowest BCUT2D eigenvalue weighted by molar-refractivity contribution is -0.137. The molecule has 3 heterocycles. The molecule has 3 aromatic heterocycles. The van der Waals surface area contributed by atoms with Crippen LogP contribution in [-0.2, 0) is 6.18 Å². The van der Waals surface area contributed by atoms with E-state index >= 15 is 0 Å². The van der Waals surface area contributed by atoms with Crippen LogP contribution in [0, 0.1) is 6.92 Å². The summed E-state index contributed by atoms with van der Waals surface area (Å²) in [6, 6.07) is 5.06. The van der Waals surface area contributed by atoms with Gasteiger partial charge in [0, 0.05) is 34.4 Å². The molecule has 0 spiro atoms. The van der Waals surface area contributed by atoms with Gasteiger partial charge in [-0.15, -0.1) is 0 Å². The monoisotopic (exact) mass is 360 g/mol. The molecule has 0 aliphatic heterocycles. The fourth-order valence-electron chi connectivity index (χ4n) is 2.68. The third kappa shape index (κ3) is 2.65. The number of aromatic amines is 1. The van der Waals surface area contributed by atoms with Crippen LogP contribution < -0.4 is 5.73 Å². The number of fused-ring (bicyclic) bond motifs is 1. The summed E-state index contributed by atoms with van der Waals surface area (Å²) in [6.45, 7) is 1.69. The van der Waals surface area contributed by atoms with Crippen molar-refractivity contribution in [2.24, 2.45) is 0 Å². The molecular formula is C16H11F3N6O. The Morgan fingerprint density at radius 3 is 2.69 bits per heavy atom. The third-order valence-electron chi connectivity index (χ3n) is 3.82. The second-order valence-electron chi connectivity index (χ2n) is 5.60. The fraction of sp³-hybridized carbons (Fsp3) is 0.125. The van der Waals surface area contributed by atoms with E-state index in [-0.39, 0.29) is 17.2 Å². The second kappa shape index (κ2) is 5.55. The molecule has 0 bridgehead atoms. The van der Waals surface area contributed by atoms with Gasteiger partial charge < -0.3 is 15.2 Å². The number of nitrogen functional groups attached to an aromatic ring is 1. The van der Waals surface area contributed by atoms with Crippen LogP contribution in [0.1, 0.15) is 11.4 Å². The molecule has 0 aliphatic rings. The van der Waals surface area contributed by atoms with Crippen molar-refractivity contribution >= 4 is 16.9 Å². The molecule has 0 saturated carbocycles. The van der Waals surface area contributed by atoms with E-state index in [1.54, 1.807) is 25.1 Å². The minimum absolute atomic E-state index is 0.236. The normalized spacial score (nSPS) is 12.0. The molecule has 0 amide bonds. The summed E-state index contributed by atoms with van der Waals surface area (Å²) in [7, 11) is 0. The highest BCUT2D eigenvalue weighted by Gasteiger charge is 2.36. The summed E-state index contributed by atoms with van der Waals surface area (Å²) in [5.41, 5.74) is 5.77. The van der Waals surface area contributed by atoms with Crippen molar-refractivity contribution < 1.29 is 17.7 Å². The third-order valence-corrected chi connectivity index (χ3v) is 3.82. The van der Waals surface area contributed by atoms with E-state index in [0.29, 0.717) is 34.4 Å². The Bertz CT molecular complexity index is 1110. The van der Waals surface area contributed by atoms with Crippen molar-refractivity contribution in [3.63, 3.8) is 0 Å². The van der Waals surface area contributed by atoms with Crippen molar-refractivity contribution in [2.45, 2.75) is 13.1 Å². The topological polar surface area (TPSA) is 107 Å². The summed E-state index contributed by atoms with van der Waals surface area (Å²) in [4.78, 5) is 14.3. The number of hydrogen-bond acceptors (Lipinski definition) is 6. The van der Waals surface area contributed by atoms with E-state index in [9.17, 15) is 13.2 Å². The number of hydrogen-bond donors (Lipinski definition) is 2. The molecule has 0 aliphatic carbocycles. The second-order valence-corrected chi connectivity index (χ2v) is 5.60. The van der Waals surface area contributed by atoms with Crippen LogP contribution >= 0.6 is 0 Å². The van der Waals surface area contributed by atoms with Gasteiger partial charge >= 0.3 is 6.18 Å². The number of alkyl halides is 3. The zero-order valence-corrected chi connectivity index (χ0v) is 13.3. The minimum atomic E-state index is -4.60. The minimum Gasteiger partial charge on any atom is -0.368 e. The molecule has 0 unspecified atom stereocenters. The number of nitrogens with zero attached hydrogens (tertiary/aromatic N) is 4. The zero-order chi connectivity index (χ0) is 18.5. The Morgan fingerprint density at radius 1 is 1.19 bits per heavy atom. The maximum atomic E-state index is 13.3. The average molecular weight is 360 g/mol. The number of aromatic nitrogens is 5. The first-order chi connectivity index (χ1) is 12.3.